The van der Waals surface area contributed by atoms with Crippen LogP contribution in [-0.4, -0.2) is 38.1 Å². The van der Waals surface area contributed by atoms with Crippen LogP contribution in [-0.2, 0) is 6.42 Å². The summed E-state index contributed by atoms with van der Waals surface area (Å²) in [4.78, 5) is 0. The summed E-state index contributed by atoms with van der Waals surface area (Å²) in [5.41, 5.74) is 7.64. The summed E-state index contributed by atoms with van der Waals surface area (Å²) in [6.45, 7) is 0.654. The van der Waals surface area contributed by atoms with Crippen molar-refractivity contribution in [1.29, 1.82) is 0 Å². The van der Waals surface area contributed by atoms with E-state index in [0.29, 0.717) is 28.3 Å². The molecule has 2 aromatic rings. The van der Waals surface area contributed by atoms with Gasteiger partial charge in [0.2, 0.25) is 0 Å². The van der Waals surface area contributed by atoms with Crippen LogP contribution in [0.1, 0.15) is 5.56 Å². The summed E-state index contributed by atoms with van der Waals surface area (Å²) in [6.07, 6.45) is 0.775. The van der Waals surface area contributed by atoms with Crippen molar-refractivity contribution in [3.63, 3.8) is 0 Å². The summed E-state index contributed by atoms with van der Waals surface area (Å²) in [5, 5.41) is 7.00. The zero-order valence-electron chi connectivity index (χ0n) is 16.0. The standard InChI is InChI=1S/C19H24N4O3S2/c1-24-15-7-5-14(6-8-15)21-19(28)23-22-18(27)20-11-10-13-4-9-16(25-2)17(12-13)26-3/h4-9,12H,10-11H2,1-3H3,(H2,20,22,27)(H2,21,23,28). The fraction of sp³-hybridized carbons (Fsp3) is 0.263. The zero-order chi connectivity index (χ0) is 20.4. The van der Waals surface area contributed by atoms with Gasteiger partial charge in [-0.05, 0) is 72.8 Å². The Labute approximate surface area is 175 Å². The molecule has 150 valence electrons. The van der Waals surface area contributed by atoms with Gasteiger partial charge >= 0.3 is 0 Å². The highest BCUT2D eigenvalue weighted by atomic mass is 32.1. The number of benzene rings is 2. The predicted octanol–water partition coefficient (Wildman–Crippen LogP) is 2.62. The van der Waals surface area contributed by atoms with E-state index in [4.69, 9.17) is 38.6 Å². The van der Waals surface area contributed by atoms with Gasteiger partial charge in [-0.2, -0.15) is 0 Å². The minimum Gasteiger partial charge on any atom is -0.497 e. The second-order valence-corrected chi connectivity index (χ2v) is 6.44. The molecule has 7 nitrogen and oxygen atoms in total. The molecule has 0 aliphatic heterocycles. The van der Waals surface area contributed by atoms with Crippen molar-refractivity contribution in [3.8, 4) is 17.2 Å². The Morgan fingerprint density at radius 2 is 1.50 bits per heavy atom. The molecule has 0 aromatic heterocycles. The highest BCUT2D eigenvalue weighted by Gasteiger charge is 2.05. The van der Waals surface area contributed by atoms with E-state index in [2.05, 4.69) is 21.5 Å². The summed E-state index contributed by atoms with van der Waals surface area (Å²) in [5.74, 6) is 2.19. The van der Waals surface area contributed by atoms with Crippen LogP contribution in [0.3, 0.4) is 0 Å². The Kier molecular flexibility index (Phi) is 8.57. The van der Waals surface area contributed by atoms with Crippen molar-refractivity contribution >= 4 is 40.3 Å². The van der Waals surface area contributed by atoms with Crippen LogP contribution in [0.4, 0.5) is 5.69 Å². The molecule has 2 rings (SSSR count). The van der Waals surface area contributed by atoms with E-state index in [0.717, 1.165) is 23.4 Å². The molecule has 0 aliphatic carbocycles. The van der Waals surface area contributed by atoms with Gasteiger partial charge in [0, 0.05) is 12.2 Å². The van der Waals surface area contributed by atoms with Crippen molar-refractivity contribution in [2.45, 2.75) is 6.42 Å². The highest BCUT2D eigenvalue weighted by Crippen LogP contribution is 2.27. The van der Waals surface area contributed by atoms with E-state index in [1.54, 1.807) is 21.3 Å². The van der Waals surface area contributed by atoms with Crippen LogP contribution < -0.4 is 35.7 Å². The Morgan fingerprint density at radius 1 is 0.821 bits per heavy atom. The van der Waals surface area contributed by atoms with E-state index in [1.807, 2.05) is 42.5 Å². The van der Waals surface area contributed by atoms with Crippen LogP contribution >= 0.6 is 24.4 Å². The molecule has 0 unspecified atom stereocenters. The molecule has 0 atom stereocenters. The van der Waals surface area contributed by atoms with Crippen molar-refractivity contribution in [2.24, 2.45) is 0 Å². The third kappa shape index (κ3) is 6.75. The molecule has 0 spiro atoms. The van der Waals surface area contributed by atoms with Crippen molar-refractivity contribution < 1.29 is 14.2 Å². The van der Waals surface area contributed by atoms with Gasteiger partial charge in [-0.3, -0.25) is 10.9 Å². The number of hydrazine groups is 1. The lowest BCUT2D eigenvalue weighted by Crippen LogP contribution is -2.48. The van der Waals surface area contributed by atoms with Gasteiger partial charge in [-0.1, -0.05) is 6.07 Å². The van der Waals surface area contributed by atoms with Gasteiger partial charge in [0.15, 0.2) is 21.7 Å². The molecule has 9 heteroatoms. The van der Waals surface area contributed by atoms with Crippen LogP contribution in [0.25, 0.3) is 0 Å². The van der Waals surface area contributed by atoms with E-state index in [-0.39, 0.29) is 0 Å². The Morgan fingerprint density at radius 3 is 2.14 bits per heavy atom. The van der Waals surface area contributed by atoms with E-state index in [1.165, 1.54) is 0 Å². The Bertz CT molecular complexity index is 800. The van der Waals surface area contributed by atoms with E-state index >= 15 is 0 Å². The molecule has 0 radical (unpaired) electrons. The van der Waals surface area contributed by atoms with Crippen molar-refractivity contribution in [2.75, 3.05) is 33.2 Å². The molecule has 0 saturated heterocycles. The number of hydrogen-bond donors (Lipinski definition) is 4. The lowest BCUT2D eigenvalue weighted by atomic mass is 10.1. The summed E-state index contributed by atoms with van der Waals surface area (Å²) in [7, 11) is 4.86. The smallest absolute Gasteiger partial charge is 0.189 e. The first kappa shape index (κ1) is 21.5. The molecular formula is C19H24N4O3S2. The highest BCUT2D eigenvalue weighted by molar-refractivity contribution is 7.80. The molecule has 0 amide bonds. The van der Waals surface area contributed by atoms with Crippen LogP contribution in [0.15, 0.2) is 42.5 Å². The van der Waals surface area contributed by atoms with E-state index < -0.39 is 0 Å². The number of rotatable bonds is 7. The van der Waals surface area contributed by atoms with Crippen LogP contribution in [0.2, 0.25) is 0 Å². The van der Waals surface area contributed by atoms with Crippen molar-refractivity contribution in [1.82, 2.24) is 16.2 Å². The van der Waals surface area contributed by atoms with Gasteiger partial charge in [0.05, 0.1) is 21.3 Å². The van der Waals surface area contributed by atoms with E-state index in [9.17, 15) is 0 Å². The number of ether oxygens (including phenoxy) is 3. The molecule has 28 heavy (non-hydrogen) atoms. The average Bonchev–Trinajstić information content (AvgIpc) is 2.72. The quantitative estimate of drug-likeness (QED) is 0.399. The third-order valence-corrected chi connectivity index (χ3v) is 4.24. The molecule has 0 aliphatic rings. The van der Waals surface area contributed by atoms with Crippen LogP contribution in [0.5, 0.6) is 17.2 Å². The fourth-order valence-corrected chi connectivity index (χ4v) is 2.67. The van der Waals surface area contributed by atoms with Gasteiger partial charge in [-0.15, -0.1) is 0 Å². The molecule has 4 N–H and O–H groups in total. The number of anilines is 1. The minimum absolute atomic E-state index is 0.397. The molecule has 0 fully saturated rings. The Balaban J connectivity index is 1.70. The van der Waals surface area contributed by atoms with Crippen LogP contribution in [0, 0.1) is 0 Å². The lowest BCUT2D eigenvalue weighted by molar-refractivity contribution is 0.354. The predicted molar refractivity (Wildman–Crippen MR) is 119 cm³/mol. The molecule has 0 saturated carbocycles. The first-order chi connectivity index (χ1) is 13.5. The number of methoxy groups -OCH3 is 3. The number of thiocarbonyl (C=S) groups is 2. The summed E-state index contributed by atoms with van der Waals surface area (Å²) < 4.78 is 15.7. The third-order valence-electron chi connectivity index (χ3n) is 3.78. The topological polar surface area (TPSA) is 75.8 Å². The Hall–Kier alpha value is -2.78. The zero-order valence-corrected chi connectivity index (χ0v) is 17.6. The monoisotopic (exact) mass is 420 g/mol. The minimum atomic E-state index is 0.397. The maximum atomic E-state index is 5.31. The summed E-state index contributed by atoms with van der Waals surface area (Å²) >= 11 is 10.5. The molecular weight excluding hydrogens is 396 g/mol. The van der Waals surface area contributed by atoms with Gasteiger partial charge in [0.25, 0.3) is 0 Å². The molecule has 2 aromatic carbocycles. The maximum Gasteiger partial charge on any atom is 0.189 e. The normalized spacial score (nSPS) is 9.82. The molecule has 0 heterocycles. The largest absolute Gasteiger partial charge is 0.497 e. The first-order valence-electron chi connectivity index (χ1n) is 8.51. The first-order valence-corrected chi connectivity index (χ1v) is 9.33. The lowest BCUT2D eigenvalue weighted by Gasteiger charge is -2.15. The summed E-state index contributed by atoms with van der Waals surface area (Å²) in [6, 6.07) is 13.3. The maximum absolute atomic E-state index is 5.31. The second kappa shape index (κ2) is 11.2. The van der Waals surface area contributed by atoms with Gasteiger partial charge in [0.1, 0.15) is 5.75 Å². The SMILES string of the molecule is COc1ccc(NC(=S)NNC(=S)NCCc2ccc(OC)c(OC)c2)cc1. The average molecular weight is 421 g/mol. The number of nitrogens with one attached hydrogen (secondary N) is 4. The second-order valence-electron chi connectivity index (χ2n) is 5.63. The van der Waals surface area contributed by atoms with Gasteiger partial charge in [-0.25, -0.2) is 0 Å². The molecule has 0 bridgehead atoms. The van der Waals surface area contributed by atoms with Gasteiger partial charge < -0.3 is 24.8 Å². The number of hydrogen-bond acceptors (Lipinski definition) is 5. The van der Waals surface area contributed by atoms with Crippen molar-refractivity contribution in [3.05, 3.63) is 48.0 Å². The fourth-order valence-electron chi connectivity index (χ4n) is 2.35.